The molecule has 0 aliphatic rings. The van der Waals surface area contributed by atoms with Crippen molar-refractivity contribution in [1.29, 1.82) is 0 Å². The van der Waals surface area contributed by atoms with E-state index in [4.69, 9.17) is 0 Å². The van der Waals surface area contributed by atoms with Gasteiger partial charge in [0, 0.05) is 12.6 Å². The number of anilines is 1. The van der Waals surface area contributed by atoms with Gasteiger partial charge in [0.15, 0.2) is 0 Å². The quantitative estimate of drug-likeness (QED) is 0.245. The van der Waals surface area contributed by atoms with E-state index in [-0.39, 0.29) is 28.6 Å². The Kier molecular flexibility index (Phi) is 7.95. The van der Waals surface area contributed by atoms with E-state index in [0.29, 0.717) is 17.0 Å². The lowest BCUT2D eigenvalue weighted by atomic mass is 10.1. The Morgan fingerprint density at radius 3 is 2.28 bits per heavy atom. The molecule has 0 aliphatic heterocycles. The molecule has 39 heavy (non-hydrogen) atoms. The van der Waals surface area contributed by atoms with Crippen LogP contribution in [-0.4, -0.2) is 37.9 Å². The molecule has 1 aromatic heterocycles. The summed E-state index contributed by atoms with van der Waals surface area (Å²) in [7, 11) is -2.42. The summed E-state index contributed by atoms with van der Waals surface area (Å²) >= 11 is 0. The molecule has 0 saturated carbocycles. The molecule has 0 saturated heterocycles. The second kappa shape index (κ2) is 11.2. The van der Waals surface area contributed by atoms with Crippen LogP contribution in [-0.2, 0) is 27.4 Å². The number of para-hydroxylation sites is 1. The van der Waals surface area contributed by atoms with Crippen LogP contribution in [0, 0.1) is 5.82 Å². The highest BCUT2D eigenvalue weighted by molar-refractivity contribution is 7.91. The van der Waals surface area contributed by atoms with E-state index in [1.807, 2.05) is 0 Å². The second-order valence-electron chi connectivity index (χ2n) is 8.53. The molecule has 4 rings (SSSR count). The third kappa shape index (κ3) is 6.58. The van der Waals surface area contributed by atoms with Crippen molar-refractivity contribution in [2.24, 2.45) is 0 Å². The van der Waals surface area contributed by atoms with Gasteiger partial charge >= 0.3 is 6.18 Å². The molecule has 0 unspecified atom stereocenters. The molecule has 0 radical (unpaired) electrons. The molecule has 1 N–H and O–H groups in total. The summed E-state index contributed by atoms with van der Waals surface area (Å²) in [6, 6.07) is 16.7. The third-order valence-corrected chi connectivity index (χ3v) is 7.59. The number of rotatable bonds is 8. The monoisotopic (exact) mass is 558 g/mol. The largest absolute Gasteiger partial charge is 0.416 e. The van der Waals surface area contributed by atoms with Crippen molar-refractivity contribution in [3.63, 3.8) is 0 Å². The zero-order chi connectivity index (χ0) is 28.2. The van der Waals surface area contributed by atoms with Crippen molar-refractivity contribution in [3.8, 4) is 11.3 Å². The van der Waals surface area contributed by atoms with Crippen LogP contribution in [0.3, 0.4) is 0 Å². The lowest BCUT2D eigenvalue weighted by Gasteiger charge is -2.22. The Morgan fingerprint density at radius 1 is 0.949 bits per heavy atom. The maximum absolute atomic E-state index is 13.3. The smallest absolute Gasteiger partial charge is 0.364 e. The van der Waals surface area contributed by atoms with Crippen molar-refractivity contribution in [2.45, 2.75) is 22.5 Å². The number of likely N-dealkylation sites (N-methyl/N-ethyl adjacent to an activating group) is 1. The van der Waals surface area contributed by atoms with Gasteiger partial charge in [0.05, 0.1) is 45.5 Å². The first-order valence-corrected chi connectivity index (χ1v) is 13.0. The van der Waals surface area contributed by atoms with Crippen LogP contribution in [0.4, 0.5) is 23.2 Å². The first kappa shape index (κ1) is 27.7. The average Bonchev–Trinajstić information content (AvgIpc) is 2.92. The molecule has 0 atom stereocenters. The number of carbonyl (C=O) groups excluding carboxylic acids is 1. The Bertz CT molecular complexity index is 1580. The highest BCUT2D eigenvalue weighted by Gasteiger charge is 2.30. The van der Waals surface area contributed by atoms with E-state index in [1.165, 1.54) is 41.6 Å². The maximum Gasteiger partial charge on any atom is 0.416 e. The predicted octanol–water partition coefficient (Wildman–Crippen LogP) is 4.89. The summed E-state index contributed by atoms with van der Waals surface area (Å²) in [4.78, 5) is 22.2. The van der Waals surface area contributed by atoms with E-state index in [2.05, 4.69) is 15.3 Å². The first-order chi connectivity index (χ1) is 18.4. The van der Waals surface area contributed by atoms with Crippen LogP contribution in [0.15, 0.2) is 95.0 Å². The molecular weight excluding hydrogens is 536 g/mol. The van der Waals surface area contributed by atoms with Gasteiger partial charge in [-0.3, -0.25) is 4.79 Å². The fraction of sp³-hybridized carbons (Fsp3) is 0.148. The minimum Gasteiger partial charge on any atom is -0.364 e. The van der Waals surface area contributed by atoms with Gasteiger partial charge in [0.25, 0.3) is 0 Å². The van der Waals surface area contributed by atoms with Gasteiger partial charge in [-0.05, 0) is 54.6 Å². The van der Waals surface area contributed by atoms with Crippen molar-refractivity contribution >= 4 is 21.4 Å². The van der Waals surface area contributed by atoms with E-state index in [0.717, 1.165) is 24.3 Å². The van der Waals surface area contributed by atoms with Gasteiger partial charge in [0.1, 0.15) is 12.1 Å². The summed E-state index contributed by atoms with van der Waals surface area (Å²) in [5.74, 6) is -0.993. The summed E-state index contributed by atoms with van der Waals surface area (Å²) in [6.45, 7) is -0.175. The number of nitrogens with one attached hydrogen (secondary N) is 1. The lowest BCUT2D eigenvalue weighted by Crippen LogP contribution is -2.35. The highest BCUT2D eigenvalue weighted by atomic mass is 32.2. The van der Waals surface area contributed by atoms with Crippen LogP contribution in [0.5, 0.6) is 0 Å². The molecule has 12 heteroatoms. The fourth-order valence-corrected chi connectivity index (χ4v) is 5.27. The molecule has 3 aromatic carbocycles. The molecule has 7 nitrogen and oxygen atoms in total. The molecular formula is C27H22F4N4O3S. The Morgan fingerprint density at radius 2 is 1.62 bits per heavy atom. The van der Waals surface area contributed by atoms with Crippen molar-refractivity contribution in [1.82, 2.24) is 15.3 Å². The molecule has 202 valence electrons. The van der Waals surface area contributed by atoms with E-state index < -0.39 is 33.3 Å². The summed E-state index contributed by atoms with van der Waals surface area (Å²) in [5.41, 5.74) is 0.777. The fourth-order valence-electron chi connectivity index (χ4n) is 3.77. The Labute approximate surface area is 222 Å². The number of aromatic nitrogens is 2. The highest BCUT2D eigenvalue weighted by Crippen LogP contribution is 2.31. The topological polar surface area (TPSA) is 92.3 Å². The molecule has 0 spiro atoms. The number of carbonyl (C=O) groups is 1. The standard InChI is InChI=1S/C27H22F4N4O3S/c1-35(24-4-2-3-5-25(24)39(37,38)22-12-10-20(28)11-13-22)16-26(36)32-15-21-14-23(34-17-33-21)18-6-8-19(9-7-18)27(29,30)31/h2-14,17H,15-16H2,1H3,(H,32,36). The number of hydrogen-bond acceptors (Lipinski definition) is 6. The third-order valence-electron chi connectivity index (χ3n) is 5.77. The van der Waals surface area contributed by atoms with Crippen LogP contribution < -0.4 is 10.2 Å². The average molecular weight is 559 g/mol. The number of halogens is 4. The van der Waals surface area contributed by atoms with Gasteiger partial charge in [-0.15, -0.1) is 0 Å². The number of hydrogen-bond donors (Lipinski definition) is 1. The molecule has 0 bridgehead atoms. The van der Waals surface area contributed by atoms with Crippen LogP contribution in [0.25, 0.3) is 11.3 Å². The van der Waals surface area contributed by atoms with Gasteiger partial charge < -0.3 is 10.2 Å². The second-order valence-corrected chi connectivity index (χ2v) is 10.4. The minimum absolute atomic E-state index is 0.0123. The molecule has 1 heterocycles. The van der Waals surface area contributed by atoms with E-state index in [9.17, 15) is 30.8 Å². The number of sulfone groups is 1. The van der Waals surface area contributed by atoms with Crippen molar-refractivity contribution in [2.75, 3.05) is 18.5 Å². The van der Waals surface area contributed by atoms with E-state index >= 15 is 0 Å². The minimum atomic E-state index is -4.45. The van der Waals surface area contributed by atoms with E-state index in [1.54, 1.807) is 31.3 Å². The molecule has 4 aromatic rings. The molecule has 0 aliphatic carbocycles. The number of alkyl halides is 3. The summed E-state index contributed by atoms with van der Waals surface area (Å²) < 4.78 is 78.1. The number of nitrogens with zero attached hydrogens (tertiary/aromatic N) is 3. The predicted molar refractivity (Wildman–Crippen MR) is 136 cm³/mol. The van der Waals surface area contributed by atoms with Gasteiger partial charge in [-0.2, -0.15) is 13.2 Å². The van der Waals surface area contributed by atoms with Gasteiger partial charge in [0.2, 0.25) is 15.7 Å². The number of benzene rings is 3. The zero-order valence-electron chi connectivity index (χ0n) is 20.5. The van der Waals surface area contributed by atoms with Gasteiger partial charge in [-0.1, -0.05) is 24.3 Å². The zero-order valence-corrected chi connectivity index (χ0v) is 21.3. The number of amides is 1. The normalized spacial score (nSPS) is 11.7. The molecule has 0 fully saturated rings. The van der Waals surface area contributed by atoms with Crippen LogP contribution in [0.2, 0.25) is 0 Å². The first-order valence-electron chi connectivity index (χ1n) is 11.5. The maximum atomic E-state index is 13.3. The van der Waals surface area contributed by atoms with Crippen LogP contribution >= 0.6 is 0 Å². The Hall–Kier alpha value is -4.32. The van der Waals surface area contributed by atoms with Crippen molar-refractivity contribution < 1.29 is 30.8 Å². The SMILES string of the molecule is CN(CC(=O)NCc1cc(-c2ccc(C(F)(F)F)cc2)ncn1)c1ccccc1S(=O)(=O)c1ccc(F)cc1. The van der Waals surface area contributed by atoms with Crippen LogP contribution in [0.1, 0.15) is 11.3 Å². The lowest BCUT2D eigenvalue weighted by molar-refractivity contribution is -0.137. The summed E-state index contributed by atoms with van der Waals surface area (Å²) in [6.07, 6.45) is -3.20. The Balaban J connectivity index is 1.43. The molecule has 1 amide bonds. The summed E-state index contributed by atoms with van der Waals surface area (Å²) in [5, 5.41) is 2.69. The van der Waals surface area contributed by atoms with Gasteiger partial charge in [-0.25, -0.2) is 22.8 Å². The van der Waals surface area contributed by atoms with Crippen molar-refractivity contribution in [3.05, 3.63) is 102 Å².